The van der Waals surface area contributed by atoms with Crippen LogP contribution >= 0.6 is 0 Å². The van der Waals surface area contributed by atoms with Gasteiger partial charge in [-0.3, -0.25) is 14.5 Å². The third-order valence-corrected chi connectivity index (χ3v) is 5.06. The minimum Gasteiger partial charge on any atom is -0.497 e. The Morgan fingerprint density at radius 1 is 1.07 bits per heavy atom. The first-order valence-corrected chi connectivity index (χ1v) is 9.61. The molecule has 0 N–H and O–H groups in total. The minimum absolute atomic E-state index is 0.0843. The van der Waals surface area contributed by atoms with Gasteiger partial charge in [-0.25, -0.2) is 4.98 Å². The molecule has 1 amide bonds. The number of hydrogen-bond donors (Lipinski definition) is 0. The third-order valence-electron chi connectivity index (χ3n) is 5.06. The fraction of sp³-hybridized carbons (Fsp3) is 0.333. The lowest BCUT2D eigenvalue weighted by molar-refractivity contribution is -0.133. The van der Waals surface area contributed by atoms with Gasteiger partial charge in [-0.15, -0.1) is 0 Å². The Hall–Kier alpha value is -3.42. The van der Waals surface area contributed by atoms with Gasteiger partial charge in [0, 0.05) is 43.8 Å². The van der Waals surface area contributed by atoms with Crippen molar-refractivity contribution in [3.05, 3.63) is 60.8 Å². The Balaban J connectivity index is 1.40. The molecule has 0 bridgehead atoms. The van der Waals surface area contributed by atoms with E-state index in [0.717, 1.165) is 24.3 Å². The van der Waals surface area contributed by atoms with Gasteiger partial charge in [-0.1, -0.05) is 0 Å². The van der Waals surface area contributed by atoms with Crippen LogP contribution in [-0.2, 0) is 11.3 Å². The lowest BCUT2D eigenvalue weighted by atomic mass is 9.93. The molecular formula is C21H23N5O3. The van der Waals surface area contributed by atoms with Crippen molar-refractivity contribution in [1.29, 1.82) is 0 Å². The maximum Gasteiger partial charge on any atom is 0.244 e. The summed E-state index contributed by atoms with van der Waals surface area (Å²) in [5.41, 5.74) is 0.836. The van der Waals surface area contributed by atoms with Crippen LogP contribution in [0.25, 0.3) is 0 Å². The van der Waals surface area contributed by atoms with Crippen LogP contribution in [0.4, 0.5) is 0 Å². The van der Waals surface area contributed by atoms with E-state index < -0.39 is 0 Å². The molecule has 1 aromatic carbocycles. The van der Waals surface area contributed by atoms with Gasteiger partial charge in [-0.2, -0.15) is 5.10 Å². The predicted molar refractivity (Wildman–Crippen MR) is 106 cm³/mol. The molecule has 1 saturated heterocycles. The number of benzene rings is 1. The SMILES string of the molecule is COc1ccc(Oc2nccnc2C2CCN(C(=O)Cn3cccn3)CC2)cc1. The van der Waals surface area contributed by atoms with Gasteiger partial charge in [0.1, 0.15) is 23.7 Å². The van der Waals surface area contributed by atoms with Crippen molar-refractivity contribution in [3.8, 4) is 17.4 Å². The fourth-order valence-electron chi connectivity index (χ4n) is 3.48. The number of ether oxygens (including phenoxy) is 2. The van der Waals surface area contributed by atoms with E-state index in [2.05, 4.69) is 15.1 Å². The number of rotatable bonds is 6. The Morgan fingerprint density at radius 2 is 1.79 bits per heavy atom. The highest BCUT2D eigenvalue weighted by Gasteiger charge is 2.27. The molecule has 0 spiro atoms. The van der Waals surface area contributed by atoms with Crippen molar-refractivity contribution < 1.29 is 14.3 Å². The first kappa shape index (κ1) is 18.9. The van der Waals surface area contributed by atoms with Gasteiger partial charge in [-0.05, 0) is 43.2 Å². The van der Waals surface area contributed by atoms with Gasteiger partial charge >= 0.3 is 0 Å². The zero-order valence-corrected chi connectivity index (χ0v) is 16.3. The van der Waals surface area contributed by atoms with Crippen LogP contribution in [0.2, 0.25) is 0 Å². The second kappa shape index (κ2) is 8.72. The molecule has 2 aromatic heterocycles. The van der Waals surface area contributed by atoms with Crippen LogP contribution in [-0.4, -0.2) is 50.8 Å². The lowest BCUT2D eigenvalue weighted by Crippen LogP contribution is -2.40. The molecule has 4 rings (SSSR count). The standard InChI is InChI=1S/C21H23N5O3/c1-28-17-3-5-18(6-4-17)29-21-20(22-10-11-23-21)16-7-13-25(14-8-16)19(27)15-26-12-2-9-24-26/h2-6,9-12,16H,7-8,13-15H2,1H3. The second-order valence-corrected chi connectivity index (χ2v) is 6.88. The number of methoxy groups -OCH3 is 1. The van der Waals surface area contributed by atoms with Crippen molar-refractivity contribution in [2.45, 2.75) is 25.3 Å². The van der Waals surface area contributed by atoms with E-state index in [4.69, 9.17) is 9.47 Å². The van der Waals surface area contributed by atoms with Crippen LogP contribution < -0.4 is 9.47 Å². The molecule has 1 fully saturated rings. The van der Waals surface area contributed by atoms with E-state index in [1.165, 1.54) is 0 Å². The molecule has 1 aliphatic rings. The molecule has 0 atom stereocenters. The number of carbonyl (C=O) groups is 1. The molecule has 3 aromatic rings. The average Bonchev–Trinajstić information content (AvgIpc) is 3.28. The number of hydrogen-bond acceptors (Lipinski definition) is 6. The molecule has 8 nitrogen and oxygen atoms in total. The summed E-state index contributed by atoms with van der Waals surface area (Å²) >= 11 is 0. The van der Waals surface area contributed by atoms with Gasteiger partial charge < -0.3 is 14.4 Å². The molecule has 0 saturated carbocycles. The molecule has 150 valence electrons. The number of carbonyl (C=O) groups excluding carboxylic acids is 1. The van der Waals surface area contributed by atoms with Crippen molar-refractivity contribution >= 4 is 5.91 Å². The van der Waals surface area contributed by atoms with Crippen molar-refractivity contribution in [3.63, 3.8) is 0 Å². The molecule has 29 heavy (non-hydrogen) atoms. The zero-order valence-electron chi connectivity index (χ0n) is 16.3. The second-order valence-electron chi connectivity index (χ2n) is 6.88. The maximum absolute atomic E-state index is 12.5. The smallest absolute Gasteiger partial charge is 0.244 e. The molecular weight excluding hydrogens is 370 g/mol. The van der Waals surface area contributed by atoms with Crippen LogP contribution in [0, 0.1) is 0 Å². The van der Waals surface area contributed by atoms with E-state index in [0.29, 0.717) is 24.7 Å². The number of piperidine rings is 1. The van der Waals surface area contributed by atoms with Crippen LogP contribution in [0.3, 0.4) is 0 Å². The molecule has 3 heterocycles. The van der Waals surface area contributed by atoms with Crippen molar-refractivity contribution in [1.82, 2.24) is 24.6 Å². The summed E-state index contributed by atoms with van der Waals surface area (Å²) in [6.45, 7) is 1.64. The summed E-state index contributed by atoms with van der Waals surface area (Å²) in [7, 11) is 1.63. The van der Waals surface area contributed by atoms with E-state index in [-0.39, 0.29) is 18.4 Å². The molecule has 0 radical (unpaired) electrons. The highest BCUT2D eigenvalue weighted by molar-refractivity contribution is 5.76. The van der Waals surface area contributed by atoms with Crippen molar-refractivity contribution in [2.24, 2.45) is 0 Å². The third kappa shape index (κ3) is 4.53. The fourth-order valence-corrected chi connectivity index (χ4v) is 3.48. The minimum atomic E-state index is 0.0843. The maximum atomic E-state index is 12.5. The van der Waals surface area contributed by atoms with Crippen LogP contribution in [0.15, 0.2) is 55.1 Å². The first-order chi connectivity index (χ1) is 14.2. The monoisotopic (exact) mass is 393 g/mol. The van der Waals surface area contributed by atoms with Gasteiger partial charge in [0.05, 0.1) is 7.11 Å². The van der Waals surface area contributed by atoms with E-state index in [1.54, 1.807) is 36.6 Å². The predicted octanol–water partition coefficient (Wildman–Crippen LogP) is 2.88. The molecule has 0 aliphatic carbocycles. The van der Waals surface area contributed by atoms with Crippen molar-refractivity contribution in [2.75, 3.05) is 20.2 Å². The summed E-state index contributed by atoms with van der Waals surface area (Å²) in [5.74, 6) is 2.24. The number of amides is 1. The Labute approximate surface area is 169 Å². The molecule has 1 aliphatic heterocycles. The average molecular weight is 393 g/mol. The van der Waals surface area contributed by atoms with Gasteiger partial charge in [0.15, 0.2) is 0 Å². The highest BCUT2D eigenvalue weighted by atomic mass is 16.5. The summed E-state index contributed by atoms with van der Waals surface area (Å²) < 4.78 is 12.8. The summed E-state index contributed by atoms with van der Waals surface area (Å²) in [4.78, 5) is 23.3. The number of likely N-dealkylation sites (tertiary alicyclic amines) is 1. The Kier molecular flexibility index (Phi) is 5.69. The zero-order chi connectivity index (χ0) is 20.1. The number of nitrogens with zero attached hydrogens (tertiary/aromatic N) is 5. The normalized spacial score (nSPS) is 14.6. The molecule has 0 unspecified atom stereocenters. The quantitative estimate of drug-likeness (QED) is 0.640. The summed E-state index contributed by atoms with van der Waals surface area (Å²) in [6.07, 6.45) is 8.44. The van der Waals surface area contributed by atoms with E-state index in [9.17, 15) is 4.79 Å². The largest absolute Gasteiger partial charge is 0.497 e. The van der Waals surface area contributed by atoms with Gasteiger partial charge in [0.2, 0.25) is 11.8 Å². The first-order valence-electron chi connectivity index (χ1n) is 9.61. The summed E-state index contributed by atoms with van der Waals surface area (Å²) in [5, 5.41) is 4.10. The topological polar surface area (TPSA) is 82.4 Å². The summed E-state index contributed by atoms with van der Waals surface area (Å²) in [6, 6.07) is 9.18. The number of aromatic nitrogens is 4. The molecule has 8 heteroatoms. The van der Waals surface area contributed by atoms with Gasteiger partial charge in [0.25, 0.3) is 0 Å². The Bertz CT molecular complexity index is 935. The highest BCUT2D eigenvalue weighted by Crippen LogP contribution is 2.33. The Morgan fingerprint density at radius 3 is 2.48 bits per heavy atom. The van der Waals surface area contributed by atoms with Crippen LogP contribution in [0.5, 0.6) is 17.4 Å². The van der Waals surface area contributed by atoms with E-state index >= 15 is 0 Å². The lowest BCUT2D eigenvalue weighted by Gasteiger charge is -2.32. The van der Waals surface area contributed by atoms with E-state index in [1.807, 2.05) is 35.2 Å². The van der Waals surface area contributed by atoms with Crippen LogP contribution in [0.1, 0.15) is 24.5 Å².